The number of hydrogen-bond donors (Lipinski definition) is 2. The summed E-state index contributed by atoms with van der Waals surface area (Å²) in [6.07, 6.45) is 3.46. The number of aryl methyl sites for hydroxylation is 1. The van der Waals surface area contributed by atoms with E-state index in [-0.39, 0.29) is 0 Å². The van der Waals surface area contributed by atoms with Crippen LogP contribution in [0.3, 0.4) is 0 Å². The van der Waals surface area contributed by atoms with Crippen molar-refractivity contribution >= 4 is 11.9 Å². The van der Waals surface area contributed by atoms with E-state index >= 15 is 0 Å². The molecule has 13 heavy (non-hydrogen) atoms. The topological polar surface area (TPSA) is 67.2 Å². The highest BCUT2D eigenvalue weighted by atomic mass is 16.4. The van der Waals surface area contributed by atoms with E-state index < -0.39 is 11.9 Å². The highest BCUT2D eigenvalue weighted by Gasteiger charge is 2.10. The lowest BCUT2D eigenvalue weighted by atomic mass is 10.2. The number of carboxylic acid groups (broad SMARTS) is 1. The van der Waals surface area contributed by atoms with Gasteiger partial charge in [0.15, 0.2) is 0 Å². The lowest BCUT2D eigenvalue weighted by molar-refractivity contribution is -0.140. The number of hydrogen-bond acceptors (Lipinski definition) is 3. The molecule has 1 rings (SSSR count). The molecule has 0 saturated carbocycles. The van der Waals surface area contributed by atoms with E-state index in [1.807, 2.05) is 7.05 Å². The van der Waals surface area contributed by atoms with Crippen LogP contribution in [0.4, 0.5) is 5.95 Å². The molecule has 0 spiro atoms. The number of aliphatic carboxylic acids is 1. The van der Waals surface area contributed by atoms with Crippen LogP contribution < -0.4 is 5.32 Å². The number of carbonyl (C=O) groups is 1. The van der Waals surface area contributed by atoms with Crippen LogP contribution in [0, 0.1) is 5.92 Å². The van der Waals surface area contributed by atoms with Crippen LogP contribution in [0.1, 0.15) is 6.92 Å². The maximum atomic E-state index is 10.5. The van der Waals surface area contributed by atoms with Gasteiger partial charge < -0.3 is 15.0 Å². The summed E-state index contributed by atoms with van der Waals surface area (Å²) in [7, 11) is 1.85. The monoisotopic (exact) mass is 183 g/mol. The van der Waals surface area contributed by atoms with Crippen molar-refractivity contribution in [1.29, 1.82) is 0 Å². The number of carboxylic acids is 1. The van der Waals surface area contributed by atoms with E-state index in [9.17, 15) is 4.79 Å². The van der Waals surface area contributed by atoms with Crippen molar-refractivity contribution in [2.45, 2.75) is 6.92 Å². The molecule has 5 nitrogen and oxygen atoms in total. The third-order valence-corrected chi connectivity index (χ3v) is 1.81. The van der Waals surface area contributed by atoms with Gasteiger partial charge in [-0.2, -0.15) is 0 Å². The molecule has 0 amide bonds. The minimum atomic E-state index is -0.804. The summed E-state index contributed by atoms with van der Waals surface area (Å²) < 4.78 is 1.80. The summed E-state index contributed by atoms with van der Waals surface area (Å²) >= 11 is 0. The third-order valence-electron chi connectivity index (χ3n) is 1.81. The zero-order chi connectivity index (χ0) is 9.84. The number of nitrogens with zero attached hydrogens (tertiary/aromatic N) is 2. The zero-order valence-electron chi connectivity index (χ0n) is 7.69. The summed E-state index contributed by atoms with van der Waals surface area (Å²) in [5, 5.41) is 11.6. The average Bonchev–Trinajstić information content (AvgIpc) is 2.47. The zero-order valence-corrected chi connectivity index (χ0v) is 7.69. The van der Waals surface area contributed by atoms with Crippen molar-refractivity contribution < 1.29 is 9.90 Å². The minimum Gasteiger partial charge on any atom is -0.481 e. The van der Waals surface area contributed by atoms with Crippen LogP contribution in [0.5, 0.6) is 0 Å². The third kappa shape index (κ3) is 2.47. The van der Waals surface area contributed by atoms with E-state index in [1.54, 1.807) is 23.9 Å². The van der Waals surface area contributed by atoms with Crippen molar-refractivity contribution in [2.75, 3.05) is 11.9 Å². The first kappa shape index (κ1) is 9.57. The van der Waals surface area contributed by atoms with Crippen LogP contribution in [0.15, 0.2) is 12.4 Å². The number of rotatable bonds is 4. The molecule has 1 aromatic rings. The van der Waals surface area contributed by atoms with E-state index in [4.69, 9.17) is 5.11 Å². The Bertz CT molecular complexity index is 295. The molecule has 72 valence electrons. The first-order valence-electron chi connectivity index (χ1n) is 4.05. The molecular weight excluding hydrogens is 170 g/mol. The Labute approximate surface area is 76.4 Å². The van der Waals surface area contributed by atoms with Gasteiger partial charge in [0, 0.05) is 26.0 Å². The smallest absolute Gasteiger partial charge is 0.308 e. The Morgan fingerprint density at radius 2 is 2.54 bits per heavy atom. The van der Waals surface area contributed by atoms with Gasteiger partial charge in [0.2, 0.25) is 5.95 Å². The molecule has 5 heteroatoms. The van der Waals surface area contributed by atoms with Crippen LogP contribution in [0.2, 0.25) is 0 Å². The van der Waals surface area contributed by atoms with Crippen molar-refractivity contribution in [3.05, 3.63) is 12.4 Å². The summed E-state index contributed by atoms with van der Waals surface area (Å²) in [6.45, 7) is 2.04. The molecule has 0 aliphatic heterocycles. The molecule has 1 aromatic heterocycles. The summed E-state index contributed by atoms with van der Waals surface area (Å²) in [4.78, 5) is 14.5. The molecule has 0 aliphatic carbocycles. The lowest BCUT2D eigenvalue weighted by Gasteiger charge is -2.08. The second-order valence-corrected chi connectivity index (χ2v) is 2.98. The molecule has 0 saturated heterocycles. The quantitative estimate of drug-likeness (QED) is 0.715. The van der Waals surface area contributed by atoms with Gasteiger partial charge in [-0.3, -0.25) is 4.79 Å². The molecule has 0 aromatic carbocycles. The van der Waals surface area contributed by atoms with Gasteiger partial charge >= 0.3 is 5.97 Å². The molecule has 1 atom stereocenters. The summed E-state index contributed by atoms with van der Waals surface area (Å²) in [5.41, 5.74) is 0. The summed E-state index contributed by atoms with van der Waals surface area (Å²) in [5.74, 6) is -0.522. The Morgan fingerprint density at radius 3 is 3.00 bits per heavy atom. The van der Waals surface area contributed by atoms with Crippen molar-refractivity contribution in [2.24, 2.45) is 13.0 Å². The highest BCUT2D eigenvalue weighted by molar-refractivity contribution is 5.70. The molecule has 1 unspecified atom stereocenters. The molecular formula is C8H13N3O2. The first-order valence-corrected chi connectivity index (χ1v) is 4.05. The largest absolute Gasteiger partial charge is 0.481 e. The second kappa shape index (κ2) is 3.93. The standard InChI is InChI=1S/C8H13N3O2/c1-6(7(12)13)5-10-8-9-3-4-11(8)2/h3-4,6H,5H2,1-2H3,(H,9,10)(H,12,13). The maximum Gasteiger partial charge on any atom is 0.308 e. The second-order valence-electron chi connectivity index (χ2n) is 2.98. The molecule has 0 radical (unpaired) electrons. The number of imidazole rings is 1. The maximum absolute atomic E-state index is 10.5. The van der Waals surface area contributed by atoms with Gasteiger partial charge in [0.05, 0.1) is 5.92 Å². The van der Waals surface area contributed by atoms with Gasteiger partial charge in [-0.05, 0) is 0 Å². The Kier molecular flexibility index (Phi) is 2.89. The predicted molar refractivity (Wildman–Crippen MR) is 48.5 cm³/mol. The van der Waals surface area contributed by atoms with E-state index in [1.165, 1.54) is 0 Å². The van der Waals surface area contributed by atoms with Gasteiger partial charge in [-0.15, -0.1) is 0 Å². The van der Waals surface area contributed by atoms with E-state index in [2.05, 4.69) is 10.3 Å². The average molecular weight is 183 g/mol. The number of nitrogens with one attached hydrogen (secondary N) is 1. The Hall–Kier alpha value is -1.52. The van der Waals surface area contributed by atoms with Gasteiger partial charge in [-0.25, -0.2) is 4.98 Å². The molecule has 0 aliphatic rings. The molecule has 2 N–H and O–H groups in total. The molecule has 1 heterocycles. The fourth-order valence-electron chi connectivity index (χ4n) is 0.868. The SMILES string of the molecule is CC(CNc1nccn1C)C(=O)O. The van der Waals surface area contributed by atoms with Gasteiger partial charge in [0.25, 0.3) is 0 Å². The van der Waals surface area contributed by atoms with E-state index in [0.717, 1.165) is 0 Å². The summed E-state index contributed by atoms with van der Waals surface area (Å²) in [6, 6.07) is 0. The number of anilines is 1. The molecule has 0 fully saturated rings. The lowest BCUT2D eigenvalue weighted by Crippen LogP contribution is -2.20. The van der Waals surface area contributed by atoms with Crippen molar-refractivity contribution in [3.8, 4) is 0 Å². The highest BCUT2D eigenvalue weighted by Crippen LogP contribution is 2.02. The molecule has 0 bridgehead atoms. The Balaban J connectivity index is 2.44. The predicted octanol–water partition coefficient (Wildman–Crippen LogP) is 0.553. The van der Waals surface area contributed by atoms with Crippen LogP contribution >= 0.6 is 0 Å². The van der Waals surface area contributed by atoms with Crippen LogP contribution in [-0.2, 0) is 11.8 Å². The van der Waals surface area contributed by atoms with E-state index in [0.29, 0.717) is 12.5 Å². The normalized spacial score (nSPS) is 12.5. The minimum absolute atomic E-state index is 0.389. The fraction of sp³-hybridized carbons (Fsp3) is 0.500. The van der Waals surface area contributed by atoms with Crippen molar-refractivity contribution in [3.63, 3.8) is 0 Å². The fourth-order valence-corrected chi connectivity index (χ4v) is 0.868. The first-order chi connectivity index (χ1) is 6.11. The van der Waals surface area contributed by atoms with Crippen LogP contribution in [0.25, 0.3) is 0 Å². The Morgan fingerprint density at radius 1 is 1.85 bits per heavy atom. The van der Waals surface area contributed by atoms with Crippen LogP contribution in [-0.4, -0.2) is 27.2 Å². The number of aromatic nitrogens is 2. The van der Waals surface area contributed by atoms with Gasteiger partial charge in [0.1, 0.15) is 0 Å². The van der Waals surface area contributed by atoms with Crippen molar-refractivity contribution in [1.82, 2.24) is 9.55 Å². The van der Waals surface area contributed by atoms with Gasteiger partial charge in [-0.1, -0.05) is 6.92 Å².